The molecule has 104 valence electrons. The Morgan fingerprint density at radius 1 is 1.20 bits per heavy atom. The molecule has 0 heterocycles. The number of amides is 1. The maximum atomic E-state index is 12.2. The van der Waals surface area contributed by atoms with Gasteiger partial charge in [-0.2, -0.15) is 0 Å². The van der Waals surface area contributed by atoms with Crippen molar-refractivity contribution in [2.24, 2.45) is 0 Å². The molecule has 0 aliphatic heterocycles. The number of nitrogen functional groups attached to an aromatic ring is 1. The molecule has 0 radical (unpaired) electrons. The Morgan fingerprint density at radius 2 is 1.85 bits per heavy atom. The molecule has 0 aliphatic rings. The lowest BCUT2D eigenvalue weighted by atomic mass is 10.1. The van der Waals surface area contributed by atoms with Crippen molar-refractivity contribution in [2.45, 2.75) is 19.9 Å². The smallest absolute Gasteiger partial charge is 0.253 e. The molecule has 0 saturated carbocycles. The van der Waals surface area contributed by atoms with Crippen LogP contribution in [-0.4, -0.2) is 5.91 Å². The lowest BCUT2D eigenvalue weighted by Gasteiger charge is -2.15. The summed E-state index contributed by atoms with van der Waals surface area (Å²) >= 11 is 6.16. The van der Waals surface area contributed by atoms with Gasteiger partial charge in [-0.05, 0) is 43.2 Å². The van der Waals surface area contributed by atoms with E-state index in [1.165, 1.54) is 0 Å². The second-order valence-electron chi connectivity index (χ2n) is 4.80. The fraction of sp³-hybridized carbons (Fsp3) is 0.188. The van der Waals surface area contributed by atoms with Crippen LogP contribution < -0.4 is 11.1 Å². The Hall–Kier alpha value is -2.00. The van der Waals surface area contributed by atoms with Gasteiger partial charge in [0.05, 0.1) is 16.6 Å². The summed E-state index contributed by atoms with van der Waals surface area (Å²) in [6, 6.07) is 12.7. The van der Waals surface area contributed by atoms with Gasteiger partial charge in [0.15, 0.2) is 0 Å². The Balaban J connectivity index is 2.15. The lowest BCUT2D eigenvalue weighted by Crippen LogP contribution is -2.27. The van der Waals surface area contributed by atoms with Crippen molar-refractivity contribution in [2.75, 3.05) is 5.73 Å². The molecule has 0 spiro atoms. The zero-order valence-electron chi connectivity index (χ0n) is 11.5. The summed E-state index contributed by atoms with van der Waals surface area (Å²) < 4.78 is 0. The number of hydrogen-bond donors (Lipinski definition) is 2. The first kappa shape index (κ1) is 14.4. The van der Waals surface area contributed by atoms with Gasteiger partial charge >= 0.3 is 0 Å². The summed E-state index contributed by atoms with van der Waals surface area (Å²) in [4.78, 5) is 12.2. The summed E-state index contributed by atoms with van der Waals surface area (Å²) in [6.45, 7) is 3.80. The average molecular weight is 289 g/mol. The van der Waals surface area contributed by atoms with Crippen LogP contribution in [0.1, 0.15) is 34.5 Å². The molecule has 20 heavy (non-hydrogen) atoms. The number of rotatable bonds is 3. The van der Waals surface area contributed by atoms with Crippen LogP contribution in [0.4, 0.5) is 5.69 Å². The van der Waals surface area contributed by atoms with Crippen molar-refractivity contribution < 1.29 is 4.79 Å². The molecule has 3 N–H and O–H groups in total. The van der Waals surface area contributed by atoms with Gasteiger partial charge in [-0.3, -0.25) is 4.79 Å². The third-order valence-corrected chi connectivity index (χ3v) is 3.72. The highest BCUT2D eigenvalue weighted by molar-refractivity contribution is 6.34. The Bertz CT molecular complexity index is 623. The molecule has 1 amide bonds. The van der Waals surface area contributed by atoms with Gasteiger partial charge in [-0.15, -0.1) is 0 Å². The second-order valence-corrected chi connectivity index (χ2v) is 5.18. The van der Waals surface area contributed by atoms with Crippen LogP contribution in [0.5, 0.6) is 0 Å². The lowest BCUT2D eigenvalue weighted by molar-refractivity contribution is 0.0940. The molecule has 2 aromatic rings. The Morgan fingerprint density at radius 3 is 2.50 bits per heavy atom. The molecular weight excluding hydrogens is 272 g/mol. The third-order valence-electron chi connectivity index (χ3n) is 3.22. The zero-order chi connectivity index (χ0) is 14.7. The predicted molar refractivity (Wildman–Crippen MR) is 82.9 cm³/mol. The van der Waals surface area contributed by atoms with Crippen LogP contribution in [0, 0.1) is 6.92 Å². The SMILES string of the molecule is Cc1cccc(C(=O)NC(C)c2ccc(N)cc2)c1Cl. The second kappa shape index (κ2) is 5.97. The van der Waals surface area contributed by atoms with Crippen LogP contribution >= 0.6 is 11.6 Å². The first-order chi connectivity index (χ1) is 9.49. The molecule has 0 fully saturated rings. The molecule has 0 saturated heterocycles. The van der Waals surface area contributed by atoms with Gasteiger partial charge in [-0.25, -0.2) is 0 Å². The fourth-order valence-corrected chi connectivity index (χ4v) is 2.18. The van der Waals surface area contributed by atoms with E-state index >= 15 is 0 Å². The minimum Gasteiger partial charge on any atom is -0.399 e. The topological polar surface area (TPSA) is 55.1 Å². The van der Waals surface area contributed by atoms with E-state index in [1.807, 2.05) is 50.2 Å². The number of benzene rings is 2. The van der Waals surface area contributed by atoms with E-state index in [9.17, 15) is 4.79 Å². The predicted octanol–water partition coefficient (Wildman–Crippen LogP) is 3.72. The van der Waals surface area contributed by atoms with Crippen LogP contribution in [0.2, 0.25) is 5.02 Å². The number of aryl methyl sites for hydroxylation is 1. The molecule has 0 bridgehead atoms. The molecule has 0 aromatic heterocycles. The summed E-state index contributed by atoms with van der Waals surface area (Å²) in [5, 5.41) is 3.43. The Labute approximate surface area is 123 Å². The van der Waals surface area contributed by atoms with Crippen molar-refractivity contribution >= 4 is 23.2 Å². The van der Waals surface area contributed by atoms with Crippen molar-refractivity contribution in [3.05, 3.63) is 64.2 Å². The number of nitrogens with two attached hydrogens (primary N) is 1. The summed E-state index contributed by atoms with van der Waals surface area (Å²) in [7, 11) is 0. The molecule has 3 nitrogen and oxygen atoms in total. The summed E-state index contributed by atoms with van der Waals surface area (Å²) in [5.74, 6) is -0.178. The first-order valence-corrected chi connectivity index (χ1v) is 6.78. The normalized spacial score (nSPS) is 11.9. The number of nitrogens with one attached hydrogen (secondary N) is 1. The van der Waals surface area contributed by atoms with Crippen molar-refractivity contribution in [3.63, 3.8) is 0 Å². The molecule has 2 aromatic carbocycles. The zero-order valence-corrected chi connectivity index (χ0v) is 12.2. The third kappa shape index (κ3) is 3.11. The van der Waals surface area contributed by atoms with Gasteiger partial charge in [0.2, 0.25) is 0 Å². The monoisotopic (exact) mass is 288 g/mol. The minimum atomic E-state index is -0.178. The molecule has 2 rings (SSSR count). The van der Waals surface area contributed by atoms with Crippen LogP contribution in [0.25, 0.3) is 0 Å². The van der Waals surface area contributed by atoms with Crippen molar-refractivity contribution in [3.8, 4) is 0 Å². The summed E-state index contributed by atoms with van der Waals surface area (Å²) in [6.07, 6.45) is 0. The van der Waals surface area contributed by atoms with Crippen LogP contribution in [0.15, 0.2) is 42.5 Å². The van der Waals surface area contributed by atoms with E-state index in [2.05, 4.69) is 5.32 Å². The number of hydrogen-bond acceptors (Lipinski definition) is 2. The van der Waals surface area contributed by atoms with Gasteiger partial charge < -0.3 is 11.1 Å². The van der Waals surface area contributed by atoms with E-state index < -0.39 is 0 Å². The van der Waals surface area contributed by atoms with Gasteiger partial charge in [-0.1, -0.05) is 35.9 Å². The quantitative estimate of drug-likeness (QED) is 0.846. The highest BCUT2D eigenvalue weighted by atomic mass is 35.5. The van der Waals surface area contributed by atoms with E-state index in [1.54, 1.807) is 6.07 Å². The van der Waals surface area contributed by atoms with Gasteiger partial charge in [0.1, 0.15) is 0 Å². The fourth-order valence-electron chi connectivity index (χ4n) is 1.97. The molecule has 1 atom stereocenters. The summed E-state index contributed by atoms with van der Waals surface area (Å²) in [5.41, 5.74) is 8.73. The maximum Gasteiger partial charge on any atom is 0.253 e. The van der Waals surface area contributed by atoms with Crippen LogP contribution in [0.3, 0.4) is 0 Å². The van der Waals surface area contributed by atoms with Gasteiger partial charge in [0, 0.05) is 5.69 Å². The molecular formula is C16H17ClN2O. The Kier molecular flexibility index (Phi) is 4.30. The average Bonchev–Trinajstić information content (AvgIpc) is 2.42. The van der Waals surface area contributed by atoms with E-state index in [-0.39, 0.29) is 11.9 Å². The van der Waals surface area contributed by atoms with E-state index in [0.717, 1.165) is 11.1 Å². The van der Waals surface area contributed by atoms with Crippen molar-refractivity contribution in [1.29, 1.82) is 0 Å². The molecule has 0 aliphatic carbocycles. The largest absolute Gasteiger partial charge is 0.399 e. The minimum absolute atomic E-state index is 0.111. The number of carbonyl (C=O) groups excluding carboxylic acids is 1. The van der Waals surface area contributed by atoms with E-state index in [0.29, 0.717) is 16.3 Å². The van der Waals surface area contributed by atoms with E-state index in [4.69, 9.17) is 17.3 Å². The highest BCUT2D eigenvalue weighted by Gasteiger charge is 2.14. The van der Waals surface area contributed by atoms with Gasteiger partial charge in [0.25, 0.3) is 5.91 Å². The van der Waals surface area contributed by atoms with Crippen molar-refractivity contribution in [1.82, 2.24) is 5.32 Å². The van der Waals surface area contributed by atoms with Crippen LogP contribution in [-0.2, 0) is 0 Å². The first-order valence-electron chi connectivity index (χ1n) is 6.40. The highest BCUT2D eigenvalue weighted by Crippen LogP contribution is 2.21. The number of halogens is 1. The standard InChI is InChI=1S/C16H17ClN2O/c1-10-4-3-5-14(15(10)17)16(20)19-11(2)12-6-8-13(18)9-7-12/h3-9,11H,18H2,1-2H3,(H,19,20). The maximum absolute atomic E-state index is 12.2. The molecule has 4 heteroatoms. The number of anilines is 1. The number of carbonyl (C=O) groups is 1. The molecule has 1 unspecified atom stereocenters.